The van der Waals surface area contributed by atoms with Crippen LogP contribution >= 0.6 is 24.8 Å². The van der Waals surface area contributed by atoms with E-state index in [4.69, 9.17) is 0 Å². The Bertz CT molecular complexity index is 846. The maximum absolute atomic E-state index is 12.2. The molecule has 0 spiro atoms. The number of piperidine rings is 1. The van der Waals surface area contributed by atoms with Crippen LogP contribution in [0, 0.1) is 0 Å². The maximum Gasteiger partial charge on any atom is 0.225 e. The van der Waals surface area contributed by atoms with Crippen molar-refractivity contribution in [3.63, 3.8) is 0 Å². The van der Waals surface area contributed by atoms with Gasteiger partial charge in [-0.3, -0.25) is 4.98 Å². The molecule has 1 unspecified atom stereocenters. The Kier molecular flexibility index (Phi) is 9.56. The zero-order valence-electron chi connectivity index (χ0n) is 16.0. The third-order valence-electron chi connectivity index (χ3n) is 4.62. The first kappa shape index (κ1) is 24.6. The van der Waals surface area contributed by atoms with Crippen LogP contribution in [0.1, 0.15) is 30.1 Å². The van der Waals surface area contributed by atoms with Crippen molar-refractivity contribution in [1.29, 1.82) is 0 Å². The van der Waals surface area contributed by atoms with Gasteiger partial charge in [0.1, 0.15) is 4.90 Å². The topological polar surface area (TPSA) is 88.1 Å². The van der Waals surface area contributed by atoms with Gasteiger partial charge in [-0.1, -0.05) is 6.07 Å². The minimum Gasteiger partial charge on any atom is -0.343 e. The van der Waals surface area contributed by atoms with Crippen LogP contribution in [0.25, 0.3) is 0 Å². The predicted octanol–water partition coefficient (Wildman–Crippen LogP) is 2.26. The van der Waals surface area contributed by atoms with Gasteiger partial charge in [0, 0.05) is 50.6 Å². The minimum atomic E-state index is -3.36. The van der Waals surface area contributed by atoms with Gasteiger partial charge in [0.15, 0.2) is 9.84 Å². The van der Waals surface area contributed by atoms with Crippen LogP contribution in [0.5, 0.6) is 0 Å². The Hall–Kier alpha value is -1.48. The summed E-state index contributed by atoms with van der Waals surface area (Å²) in [4.78, 5) is 15.5. The number of anilines is 1. The van der Waals surface area contributed by atoms with E-state index in [1.54, 1.807) is 6.20 Å². The number of pyridine rings is 1. The number of nitrogens with one attached hydrogen (secondary N) is 1. The van der Waals surface area contributed by atoms with Crippen molar-refractivity contribution in [2.24, 2.45) is 0 Å². The molecule has 1 fully saturated rings. The first-order valence-corrected chi connectivity index (χ1v) is 10.7. The summed E-state index contributed by atoms with van der Waals surface area (Å²) in [5.74, 6) is 0.647. The minimum absolute atomic E-state index is 0. The summed E-state index contributed by atoms with van der Waals surface area (Å²) in [6, 6.07) is 5.85. The smallest absolute Gasteiger partial charge is 0.225 e. The first-order chi connectivity index (χ1) is 12.4. The molecule has 7 nitrogen and oxygen atoms in total. The molecule has 10 heteroatoms. The molecule has 2 aromatic rings. The summed E-state index contributed by atoms with van der Waals surface area (Å²) >= 11 is 0. The number of nitrogens with zero attached hydrogens (tertiary/aromatic N) is 4. The molecule has 1 aliphatic rings. The monoisotopic (exact) mass is 447 g/mol. The number of halogens is 2. The fraction of sp³-hybridized carbons (Fsp3) is 0.500. The number of sulfone groups is 1. The molecule has 1 atom stereocenters. The molecule has 0 aromatic carbocycles. The normalized spacial score (nSPS) is 16.6. The quantitative estimate of drug-likeness (QED) is 0.725. The second-order valence-corrected chi connectivity index (χ2v) is 8.71. The summed E-state index contributed by atoms with van der Waals surface area (Å²) in [6.45, 7) is 2.42. The summed E-state index contributed by atoms with van der Waals surface area (Å²) in [6.07, 6.45) is 7.18. The molecule has 3 rings (SSSR count). The van der Waals surface area contributed by atoms with Crippen molar-refractivity contribution in [3.8, 4) is 0 Å². The SMILES string of the molecule is CN(CCc1ccccn1)c1ncc(S(C)(=O)=O)c(C2CCCNC2)n1.Cl.Cl. The second kappa shape index (κ2) is 10.9. The first-order valence-electron chi connectivity index (χ1n) is 8.84. The molecule has 28 heavy (non-hydrogen) atoms. The summed E-state index contributed by atoms with van der Waals surface area (Å²) < 4.78 is 24.3. The van der Waals surface area contributed by atoms with Crippen LogP contribution in [0.2, 0.25) is 0 Å². The highest BCUT2D eigenvalue weighted by Crippen LogP contribution is 2.28. The van der Waals surface area contributed by atoms with Gasteiger partial charge in [-0.25, -0.2) is 18.4 Å². The fourth-order valence-electron chi connectivity index (χ4n) is 3.15. The Labute approximate surface area is 179 Å². The number of hydrogen-bond acceptors (Lipinski definition) is 7. The van der Waals surface area contributed by atoms with E-state index in [2.05, 4.69) is 20.3 Å². The Balaban J connectivity index is 0.00000196. The molecule has 1 aliphatic heterocycles. The molecule has 1 saturated heterocycles. The zero-order chi connectivity index (χ0) is 18.6. The van der Waals surface area contributed by atoms with Crippen molar-refractivity contribution in [1.82, 2.24) is 20.3 Å². The highest BCUT2D eigenvalue weighted by molar-refractivity contribution is 7.90. The second-order valence-electron chi connectivity index (χ2n) is 6.73. The average molecular weight is 448 g/mol. The van der Waals surface area contributed by atoms with Crippen molar-refractivity contribution >= 4 is 40.6 Å². The van der Waals surface area contributed by atoms with Gasteiger partial charge in [0.2, 0.25) is 5.95 Å². The van der Waals surface area contributed by atoms with Crippen molar-refractivity contribution in [2.45, 2.75) is 30.1 Å². The summed E-state index contributed by atoms with van der Waals surface area (Å²) in [7, 11) is -1.44. The fourth-order valence-corrected chi connectivity index (χ4v) is 3.99. The molecule has 3 heterocycles. The van der Waals surface area contributed by atoms with E-state index in [0.29, 0.717) is 18.2 Å². The van der Waals surface area contributed by atoms with E-state index in [0.717, 1.165) is 38.0 Å². The average Bonchev–Trinajstić information content (AvgIpc) is 2.66. The highest BCUT2D eigenvalue weighted by Gasteiger charge is 2.25. The molecular formula is C18H27Cl2N5O2S. The Morgan fingerprint density at radius 1 is 1.25 bits per heavy atom. The largest absolute Gasteiger partial charge is 0.343 e. The van der Waals surface area contributed by atoms with Gasteiger partial charge < -0.3 is 10.2 Å². The molecule has 0 saturated carbocycles. The molecule has 0 amide bonds. The van der Waals surface area contributed by atoms with Gasteiger partial charge in [-0.15, -0.1) is 24.8 Å². The van der Waals surface area contributed by atoms with E-state index in [9.17, 15) is 8.42 Å². The highest BCUT2D eigenvalue weighted by atomic mass is 35.5. The molecular weight excluding hydrogens is 421 g/mol. The van der Waals surface area contributed by atoms with Crippen LogP contribution in [-0.4, -0.2) is 56.3 Å². The van der Waals surface area contributed by atoms with Gasteiger partial charge in [0.05, 0.1) is 11.9 Å². The third kappa shape index (κ3) is 6.27. The van der Waals surface area contributed by atoms with Crippen LogP contribution in [0.15, 0.2) is 35.5 Å². The summed E-state index contributed by atoms with van der Waals surface area (Å²) in [5.41, 5.74) is 1.64. The molecule has 0 radical (unpaired) electrons. The van der Waals surface area contributed by atoms with Gasteiger partial charge in [-0.2, -0.15) is 0 Å². The van der Waals surface area contributed by atoms with Crippen LogP contribution < -0.4 is 10.2 Å². The number of rotatable bonds is 6. The van der Waals surface area contributed by atoms with Crippen molar-refractivity contribution < 1.29 is 8.42 Å². The molecule has 0 aliphatic carbocycles. The van der Waals surface area contributed by atoms with E-state index < -0.39 is 9.84 Å². The standard InChI is InChI=1S/C18H25N5O2S.2ClH/c1-23(11-8-15-7-3-4-10-20-15)18-21-13-16(26(2,24)25)17(22-18)14-6-5-9-19-12-14;;/h3-4,7,10,13-14,19H,5-6,8-9,11-12H2,1-2H3;2*1H. The van der Waals surface area contributed by atoms with E-state index in [-0.39, 0.29) is 35.6 Å². The molecule has 1 N–H and O–H groups in total. The van der Waals surface area contributed by atoms with E-state index in [1.807, 2.05) is 30.1 Å². The van der Waals surface area contributed by atoms with Gasteiger partial charge in [0.25, 0.3) is 0 Å². The lowest BCUT2D eigenvalue weighted by atomic mass is 9.96. The molecule has 0 bridgehead atoms. The van der Waals surface area contributed by atoms with Gasteiger partial charge >= 0.3 is 0 Å². The zero-order valence-corrected chi connectivity index (χ0v) is 18.5. The van der Waals surface area contributed by atoms with E-state index >= 15 is 0 Å². The van der Waals surface area contributed by atoms with Crippen molar-refractivity contribution in [3.05, 3.63) is 42.0 Å². The van der Waals surface area contributed by atoms with Crippen LogP contribution in [0.4, 0.5) is 5.95 Å². The summed E-state index contributed by atoms with van der Waals surface area (Å²) in [5, 5.41) is 3.33. The Morgan fingerprint density at radius 2 is 2.04 bits per heavy atom. The lowest BCUT2D eigenvalue weighted by Gasteiger charge is -2.25. The van der Waals surface area contributed by atoms with Gasteiger partial charge in [-0.05, 0) is 31.5 Å². The van der Waals surface area contributed by atoms with Crippen LogP contribution in [0.3, 0.4) is 0 Å². The maximum atomic E-state index is 12.2. The molecule has 156 valence electrons. The van der Waals surface area contributed by atoms with Crippen molar-refractivity contribution in [2.75, 3.05) is 37.8 Å². The number of hydrogen-bond donors (Lipinski definition) is 1. The predicted molar refractivity (Wildman–Crippen MR) is 116 cm³/mol. The lowest BCUT2D eigenvalue weighted by Crippen LogP contribution is -2.31. The molecule has 2 aromatic heterocycles. The third-order valence-corrected chi connectivity index (χ3v) is 5.74. The Morgan fingerprint density at radius 3 is 2.64 bits per heavy atom. The van der Waals surface area contributed by atoms with E-state index in [1.165, 1.54) is 12.5 Å². The lowest BCUT2D eigenvalue weighted by molar-refractivity contribution is 0.447. The number of aromatic nitrogens is 3. The number of likely N-dealkylation sites (N-methyl/N-ethyl adjacent to an activating group) is 1. The van der Waals surface area contributed by atoms with Crippen LogP contribution in [-0.2, 0) is 16.3 Å².